The second kappa shape index (κ2) is 8.85. The maximum absolute atomic E-state index is 5.77. The predicted octanol–water partition coefficient (Wildman–Crippen LogP) is 5.26. The smallest absolute Gasteiger partial charge is 0.397 e. The van der Waals surface area contributed by atoms with E-state index < -0.39 is 17.2 Å². The summed E-state index contributed by atoms with van der Waals surface area (Å²) >= 11 is 8.51. The molecule has 0 aromatic heterocycles. The molecule has 4 rings (SSSR count). The van der Waals surface area contributed by atoms with E-state index >= 15 is 0 Å². The topological polar surface area (TPSA) is 55.4 Å². The normalized spacial score (nSPS) is 28.1. The predicted molar refractivity (Wildman–Crippen MR) is 109 cm³/mol. The summed E-state index contributed by atoms with van der Waals surface area (Å²) < 4.78 is 34.5. The lowest BCUT2D eigenvalue weighted by Crippen LogP contribution is -2.45. The Kier molecular flexibility index (Phi) is 6.47. The summed E-state index contributed by atoms with van der Waals surface area (Å²) in [5.41, 5.74) is -0.339. The molecular formula is C17H18O6P2S2. The van der Waals surface area contributed by atoms with Crippen LogP contribution >= 0.6 is 42.5 Å². The van der Waals surface area contributed by atoms with E-state index in [1.807, 2.05) is 48.5 Å². The van der Waals surface area contributed by atoms with E-state index in [4.69, 9.17) is 27.1 Å². The van der Waals surface area contributed by atoms with Crippen molar-refractivity contribution in [1.29, 1.82) is 0 Å². The van der Waals surface area contributed by atoms with Crippen LogP contribution in [0, 0.1) is 5.41 Å². The maximum atomic E-state index is 5.77. The molecule has 0 radical (unpaired) electrons. The van der Waals surface area contributed by atoms with Crippen molar-refractivity contribution in [2.75, 3.05) is 26.4 Å². The van der Waals surface area contributed by atoms with E-state index in [1.165, 1.54) is 0 Å². The lowest BCUT2D eigenvalue weighted by molar-refractivity contribution is -0.0672. The van der Waals surface area contributed by atoms with Crippen molar-refractivity contribution in [3.05, 3.63) is 48.5 Å². The highest BCUT2D eigenvalue weighted by Gasteiger charge is 2.44. The zero-order valence-corrected chi connectivity index (χ0v) is 17.8. The van der Waals surface area contributed by atoms with Crippen LogP contribution in [0.4, 0.5) is 0 Å². The van der Waals surface area contributed by atoms with E-state index in [-0.39, 0.29) is 5.41 Å². The molecule has 2 aromatic rings. The summed E-state index contributed by atoms with van der Waals surface area (Å²) in [6.45, 7) is 1.78. The van der Waals surface area contributed by atoms with Gasteiger partial charge in [-0.1, -0.05) is 0 Å². The van der Waals surface area contributed by atoms with Gasteiger partial charge in [-0.05, 0) is 48.5 Å². The third-order valence-corrected chi connectivity index (χ3v) is 6.61. The second-order valence-electron chi connectivity index (χ2n) is 6.21. The summed E-state index contributed by atoms with van der Waals surface area (Å²) in [6.07, 6.45) is 0. The monoisotopic (exact) mass is 444 g/mol. The van der Waals surface area contributed by atoms with Gasteiger partial charge >= 0.3 is 17.2 Å². The Morgan fingerprint density at radius 3 is 1.30 bits per heavy atom. The summed E-state index contributed by atoms with van der Waals surface area (Å²) in [4.78, 5) is 1.74. The molecule has 0 amide bonds. The number of thiol groups is 2. The van der Waals surface area contributed by atoms with Gasteiger partial charge in [0.05, 0.1) is 31.8 Å². The molecule has 27 heavy (non-hydrogen) atoms. The fourth-order valence-corrected chi connectivity index (χ4v) is 5.14. The van der Waals surface area contributed by atoms with E-state index in [0.29, 0.717) is 37.9 Å². The van der Waals surface area contributed by atoms with Gasteiger partial charge in [0.1, 0.15) is 11.5 Å². The molecule has 2 heterocycles. The van der Waals surface area contributed by atoms with Crippen LogP contribution in [0.1, 0.15) is 0 Å². The molecule has 2 aliphatic rings. The number of hydrogen-bond acceptors (Lipinski definition) is 8. The first-order valence-electron chi connectivity index (χ1n) is 8.16. The Balaban J connectivity index is 1.24. The third-order valence-electron chi connectivity index (χ3n) is 3.94. The molecular weight excluding hydrogens is 426 g/mol. The number of rotatable bonds is 4. The first-order chi connectivity index (χ1) is 13.1. The average molecular weight is 444 g/mol. The summed E-state index contributed by atoms with van der Waals surface area (Å²) in [5.74, 6) is 1.38. The van der Waals surface area contributed by atoms with Gasteiger partial charge in [0.25, 0.3) is 0 Å². The van der Waals surface area contributed by atoms with E-state index in [1.54, 1.807) is 0 Å². The van der Waals surface area contributed by atoms with Gasteiger partial charge in [-0.2, -0.15) is 0 Å². The number of benzene rings is 2. The standard InChI is InChI=1S/C17H18O6P2S2/c26-15-5-1-13(2-6-15)22-24-18-9-17(10-19-24)11-20-25(21-12-17)23-14-3-7-16(27)8-4-14/h1-8,26-27H,9-12H2. The van der Waals surface area contributed by atoms with Crippen LogP contribution in [0.5, 0.6) is 11.5 Å². The molecule has 0 atom stereocenters. The maximum Gasteiger partial charge on any atom is 0.397 e. The van der Waals surface area contributed by atoms with Crippen molar-refractivity contribution < 1.29 is 27.1 Å². The highest BCUT2D eigenvalue weighted by Crippen LogP contribution is 2.53. The Hall–Kier alpha value is -0.560. The molecule has 0 saturated carbocycles. The van der Waals surface area contributed by atoms with E-state index in [0.717, 1.165) is 9.79 Å². The van der Waals surface area contributed by atoms with Gasteiger partial charge < -0.3 is 27.1 Å². The zero-order chi connectivity index (χ0) is 18.7. The molecule has 10 heteroatoms. The fraction of sp³-hybridized carbons (Fsp3) is 0.294. The lowest BCUT2D eigenvalue weighted by Gasteiger charge is -2.41. The largest absolute Gasteiger partial charge is 0.427 e. The first-order valence-corrected chi connectivity index (χ1v) is 11.2. The minimum atomic E-state index is -1.43. The van der Waals surface area contributed by atoms with Gasteiger partial charge in [0, 0.05) is 9.79 Å². The van der Waals surface area contributed by atoms with Gasteiger partial charge in [-0.15, -0.1) is 25.3 Å². The Labute approximate surface area is 171 Å². The van der Waals surface area contributed by atoms with Crippen LogP contribution in [0.25, 0.3) is 0 Å². The van der Waals surface area contributed by atoms with Crippen LogP contribution in [0.15, 0.2) is 58.3 Å². The highest BCUT2D eigenvalue weighted by atomic mass is 32.1. The van der Waals surface area contributed by atoms with Crippen molar-refractivity contribution in [1.82, 2.24) is 0 Å². The molecule has 0 unspecified atom stereocenters. The summed E-state index contributed by atoms with van der Waals surface area (Å²) in [7, 11) is -2.86. The van der Waals surface area contributed by atoms with Gasteiger partial charge in [0.15, 0.2) is 0 Å². The van der Waals surface area contributed by atoms with Gasteiger partial charge in [-0.3, -0.25) is 0 Å². The molecule has 0 N–H and O–H groups in total. The Bertz CT molecular complexity index is 676. The van der Waals surface area contributed by atoms with Gasteiger partial charge in [-0.25, -0.2) is 0 Å². The van der Waals surface area contributed by atoms with Crippen molar-refractivity contribution in [2.24, 2.45) is 5.41 Å². The van der Waals surface area contributed by atoms with Crippen molar-refractivity contribution >= 4 is 42.5 Å². The molecule has 144 valence electrons. The van der Waals surface area contributed by atoms with Crippen LogP contribution in [0.2, 0.25) is 0 Å². The Morgan fingerprint density at radius 2 is 0.963 bits per heavy atom. The van der Waals surface area contributed by atoms with Crippen LogP contribution in [0.3, 0.4) is 0 Å². The van der Waals surface area contributed by atoms with Crippen molar-refractivity contribution in [3.8, 4) is 11.5 Å². The molecule has 2 fully saturated rings. The molecule has 2 aromatic carbocycles. The molecule has 2 saturated heterocycles. The summed E-state index contributed by atoms with van der Waals surface area (Å²) in [5, 5.41) is 0. The first kappa shape index (κ1) is 19.7. The molecule has 0 bridgehead atoms. The zero-order valence-electron chi connectivity index (χ0n) is 14.2. The average Bonchev–Trinajstić information content (AvgIpc) is 2.69. The highest BCUT2D eigenvalue weighted by molar-refractivity contribution is 7.80. The molecule has 0 aliphatic carbocycles. The third kappa shape index (κ3) is 5.28. The Morgan fingerprint density at radius 1 is 0.630 bits per heavy atom. The van der Waals surface area contributed by atoms with Gasteiger partial charge in [0.2, 0.25) is 0 Å². The SMILES string of the molecule is Sc1ccc(OP2OCC3(CO2)COP(Oc2ccc(S)cc2)OC3)cc1. The van der Waals surface area contributed by atoms with Crippen molar-refractivity contribution in [2.45, 2.75) is 9.79 Å². The fourth-order valence-electron chi connectivity index (χ4n) is 2.37. The number of hydrogen-bond donors (Lipinski definition) is 2. The van der Waals surface area contributed by atoms with Crippen LogP contribution < -0.4 is 9.05 Å². The van der Waals surface area contributed by atoms with Crippen LogP contribution in [-0.4, -0.2) is 26.4 Å². The van der Waals surface area contributed by atoms with Crippen LogP contribution in [-0.2, 0) is 18.1 Å². The quantitative estimate of drug-likeness (QED) is 0.496. The van der Waals surface area contributed by atoms with Crippen molar-refractivity contribution in [3.63, 3.8) is 0 Å². The van der Waals surface area contributed by atoms with E-state index in [2.05, 4.69) is 25.3 Å². The lowest BCUT2D eigenvalue weighted by atomic mass is 9.93. The van der Waals surface area contributed by atoms with E-state index in [9.17, 15) is 0 Å². The molecule has 2 aliphatic heterocycles. The minimum Gasteiger partial charge on any atom is -0.427 e. The molecule has 1 spiro atoms. The molecule has 6 nitrogen and oxygen atoms in total. The minimum absolute atomic E-state index is 0.339. The summed E-state index contributed by atoms with van der Waals surface area (Å²) in [6, 6.07) is 14.8. The second-order valence-corrected chi connectivity index (χ2v) is 9.54.